The van der Waals surface area contributed by atoms with Crippen molar-refractivity contribution in [3.8, 4) is 5.75 Å². The number of hydrogen-bond acceptors (Lipinski definition) is 5. The molecule has 1 fully saturated rings. The van der Waals surface area contributed by atoms with Crippen LogP contribution in [-0.2, 0) is 0 Å². The molecule has 1 N–H and O–H groups in total. The minimum absolute atomic E-state index is 0.00155. The Morgan fingerprint density at radius 3 is 2.95 bits per heavy atom. The summed E-state index contributed by atoms with van der Waals surface area (Å²) in [5, 5.41) is 20.5. The smallest absolute Gasteiger partial charge is 0.310 e. The van der Waals surface area contributed by atoms with E-state index in [0.29, 0.717) is 18.4 Å². The van der Waals surface area contributed by atoms with Crippen LogP contribution in [-0.4, -0.2) is 46.8 Å². The largest absolute Gasteiger partial charge is 0.485 e. The average molecular weight is 308 g/mol. The number of nitro groups is 1. The standard InChI is InChI=1S/C16H24N2O4/c1-13(19)12-14-6-4-5-9-17(14)10-11-22-16-8-3-2-7-15(16)18(20)21/h2-3,7-8,13-14,19H,4-6,9-12H2,1H3/t13-,14+/m0/s1. The van der Waals surface area contributed by atoms with E-state index in [4.69, 9.17) is 4.74 Å². The van der Waals surface area contributed by atoms with Gasteiger partial charge < -0.3 is 9.84 Å². The predicted octanol–water partition coefficient (Wildman–Crippen LogP) is 2.60. The number of para-hydroxylation sites is 2. The fourth-order valence-electron chi connectivity index (χ4n) is 3.02. The molecule has 6 nitrogen and oxygen atoms in total. The maximum Gasteiger partial charge on any atom is 0.310 e. The summed E-state index contributed by atoms with van der Waals surface area (Å²) in [6, 6.07) is 6.82. The van der Waals surface area contributed by atoms with Crippen LogP contribution in [0.5, 0.6) is 5.75 Å². The Balaban J connectivity index is 1.88. The molecule has 1 heterocycles. The highest BCUT2D eigenvalue weighted by atomic mass is 16.6. The van der Waals surface area contributed by atoms with Gasteiger partial charge in [0.2, 0.25) is 0 Å². The van der Waals surface area contributed by atoms with Crippen molar-refractivity contribution >= 4 is 5.69 Å². The van der Waals surface area contributed by atoms with Crippen LogP contribution in [0.3, 0.4) is 0 Å². The van der Waals surface area contributed by atoms with E-state index in [2.05, 4.69) is 4.90 Å². The number of nitrogens with zero attached hydrogens (tertiary/aromatic N) is 2. The highest BCUT2D eigenvalue weighted by molar-refractivity contribution is 5.45. The van der Waals surface area contributed by atoms with E-state index in [0.717, 1.165) is 32.4 Å². The summed E-state index contributed by atoms with van der Waals surface area (Å²) in [7, 11) is 0. The van der Waals surface area contributed by atoms with E-state index in [1.54, 1.807) is 18.2 Å². The van der Waals surface area contributed by atoms with Crippen molar-refractivity contribution in [1.29, 1.82) is 0 Å². The van der Waals surface area contributed by atoms with Gasteiger partial charge >= 0.3 is 5.69 Å². The van der Waals surface area contributed by atoms with Gasteiger partial charge in [0.05, 0.1) is 11.0 Å². The summed E-state index contributed by atoms with van der Waals surface area (Å²) in [4.78, 5) is 12.8. The van der Waals surface area contributed by atoms with E-state index in [1.807, 2.05) is 6.92 Å². The number of hydrogen-bond donors (Lipinski definition) is 1. The monoisotopic (exact) mass is 308 g/mol. The molecule has 122 valence electrons. The summed E-state index contributed by atoms with van der Waals surface area (Å²) in [6.07, 6.45) is 3.91. The van der Waals surface area contributed by atoms with Crippen molar-refractivity contribution in [2.24, 2.45) is 0 Å². The van der Waals surface area contributed by atoms with Crippen molar-refractivity contribution < 1.29 is 14.8 Å². The van der Waals surface area contributed by atoms with Gasteiger partial charge in [-0.1, -0.05) is 18.6 Å². The van der Waals surface area contributed by atoms with Crippen molar-refractivity contribution in [1.82, 2.24) is 4.90 Å². The van der Waals surface area contributed by atoms with Crippen LogP contribution >= 0.6 is 0 Å². The van der Waals surface area contributed by atoms with Crippen LogP contribution in [0.2, 0.25) is 0 Å². The molecule has 0 amide bonds. The minimum atomic E-state index is -0.424. The highest BCUT2D eigenvalue weighted by Gasteiger charge is 2.23. The molecule has 0 spiro atoms. The minimum Gasteiger partial charge on any atom is -0.485 e. The van der Waals surface area contributed by atoms with Gasteiger partial charge in [0, 0.05) is 18.7 Å². The lowest BCUT2D eigenvalue weighted by atomic mass is 9.97. The van der Waals surface area contributed by atoms with Gasteiger partial charge in [0.15, 0.2) is 5.75 Å². The zero-order valence-electron chi connectivity index (χ0n) is 13.0. The number of aliphatic hydroxyl groups is 1. The van der Waals surface area contributed by atoms with Crippen molar-refractivity contribution in [3.05, 3.63) is 34.4 Å². The molecule has 2 atom stereocenters. The van der Waals surface area contributed by atoms with E-state index >= 15 is 0 Å². The first-order valence-electron chi connectivity index (χ1n) is 7.86. The van der Waals surface area contributed by atoms with Crippen molar-refractivity contribution in [2.75, 3.05) is 19.7 Å². The number of benzene rings is 1. The second-order valence-electron chi connectivity index (χ2n) is 5.84. The van der Waals surface area contributed by atoms with Crippen LogP contribution in [0.1, 0.15) is 32.6 Å². The molecule has 1 aromatic rings. The zero-order chi connectivity index (χ0) is 15.9. The lowest BCUT2D eigenvalue weighted by molar-refractivity contribution is -0.385. The molecule has 0 aliphatic carbocycles. The Morgan fingerprint density at radius 2 is 2.23 bits per heavy atom. The fraction of sp³-hybridized carbons (Fsp3) is 0.625. The maximum atomic E-state index is 10.9. The highest BCUT2D eigenvalue weighted by Crippen LogP contribution is 2.26. The number of piperidine rings is 1. The third kappa shape index (κ3) is 4.68. The summed E-state index contributed by atoms with van der Waals surface area (Å²) in [5.41, 5.74) is 0.00155. The summed E-state index contributed by atoms with van der Waals surface area (Å²) in [6.45, 7) is 3.96. The normalized spacial score (nSPS) is 20.5. The molecule has 2 rings (SSSR count). The van der Waals surface area contributed by atoms with Gasteiger partial charge in [-0.3, -0.25) is 15.0 Å². The predicted molar refractivity (Wildman–Crippen MR) is 84.1 cm³/mol. The SMILES string of the molecule is C[C@H](O)C[C@H]1CCCCN1CCOc1ccccc1[N+](=O)[O-]. The van der Waals surface area contributed by atoms with Gasteiger partial charge in [0.25, 0.3) is 0 Å². The number of nitro benzene ring substituents is 1. The first kappa shape index (κ1) is 16.7. The molecule has 1 aliphatic rings. The zero-order valence-corrected chi connectivity index (χ0v) is 13.0. The van der Waals surface area contributed by atoms with Gasteiger partial charge in [-0.05, 0) is 38.8 Å². The van der Waals surface area contributed by atoms with Crippen LogP contribution in [0.4, 0.5) is 5.69 Å². The Morgan fingerprint density at radius 1 is 1.45 bits per heavy atom. The molecule has 22 heavy (non-hydrogen) atoms. The molecule has 1 aromatic carbocycles. The second-order valence-corrected chi connectivity index (χ2v) is 5.84. The van der Waals surface area contributed by atoms with E-state index in [-0.39, 0.29) is 11.8 Å². The Labute approximate surface area is 130 Å². The second kappa shape index (κ2) is 8.10. The third-order valence-corrected chi connectivity index (χ3v) is 4.06. The fourth-order valence-corrected chi connectivity index (χ4v) is 3.02. The van der Waals surface area contributed by atoms with Crippen LogP contribution in [0, 0.1) is 10.1 Å². The third-order valence-electron chi connectivity index (χ3n) is 4.06. The Kier molecular flexibility index (Phi) is 6.15. The summed E-state index contributed by atoms with van der Waals surface area (Å²) in [5.74, 6) is 0.316. The molecule has 0 saturated carbocycles. The average Bonchev–Trinajstić information content (AvgIpc) is 2.49. The van der Waals surface area contributed by atoms with Crippen molar-refractivity contribution in [3.63, 3.8) is 0 Å². The van der Waals surface area contributed by atoms with Gasteiger partial charge in [-0.25, -0.2) is 0 Å². The lowest BCUT2D eigenvalue weighted by Gasteiger charge is -2.36. The van der Waals surface area contributed by atoms with E-state index < -0.39 is 4.92 Å². The molecule has 6 heteroatoms. The first-order chi connectivity index (χ1) is 10.6. The van der Waals surface area contributed by atoms with Gasteiger partial charge in [0.1, 0.15) is 6.61 Å². The molecule has 0 aromatic heterocycles. The molecule has 0 unspecified atom stereocenters. The van der Waals surface area contributed by atoms with Gasteiger partial charge in [-0.15, -0.1) is 0 Å². The Bertz CT molecular complexity index is 493. The Hall–Kier alpha value is -1.66. The van der Waals surface area contributed by atoms with Crippen LogP contribution in [0.15, 0.2) is 24.3 Å². The number of aliphatic hydroxyl groups excluding tert-OH is 1. The summed E-state index contributed by atoms with van der Waals surface area (Å²) < 4.78 is 5.61. The van der Waals surface area contributed by atoms with E-state index in [9.17, 15) is 15.2 Å². The number of rotatable bonds is 7. The van der Waals surface area contributed by atoms with Crippen molar-refractivity contribution in [2.45, 2.75) is 44.8 Å². The van der Waals surface area contributed by atoms with Crippen LogP contribution < -0.4 is 4.74 Å². The maximum absolute atomic E-state index is 10.9. The molecule has 1 saturated heterocycles. The molecule has 0 bridgehead atoms. The van der Waals surface area contributed by atoms with Crippen LogP contribution in [0.25, 0.3) is 0 Å². The molecule has 0 radical (unpaired) electrons. The summed E-state index contributed by atoms with van der Waals surface area (Å²) >= 11 is 0. The lowest BCUT2D eigenvalue weighted by Crippen LogP contribution is -2.43. The molecule has 1 aliphatic heterocycles. The number of likely N-dealkylation sites (tertiary alicyclic amines) is 1. The molecular weight excluding hydrogens is 284 g/mol. The topological polar surface area (TPSA) is 75.8 Å². The van der Waals surface area contributed by atoms with E-state index in [1.165, 1.54) is 12.5 Å². The first-order valence-corrected chi connectivity index (χ1v) is 7.86. The number of ether oxygens (including phenoxy) is 1. The van der Waals surface area contributed by atoms with Gasteiger partial charge in [-0.2, -0.15) is 0 Å². The quantitative estimate of drug-likeness (QED) is 0.619. The molecular formula is C16H24N2O4.